The maximum Gasteiger partial charge on any atom is 0.317 e. The van der Waals surface area contributed by atoms with Crippen molar-refractivity contribution in [3.05, 3.63) is 35.9 Å². The summed E-state index contributed by atoms with van der Waals surface area (Å²) in [5, 5.41) is 6.20. The molecule has 1 aliphatic heterocycles. The highest BCUT2D eigenvalue weighted by molar-refractivity contribution is 5.85. The summed E-state index contributed by atoms with van der Waals surface area (Å²) in [6.45, 7) is 5.77. The maximum atomic E-state index is 12.6. The summed E-state index contributed by atoms with van der Waals surface area (Å²) in [7, 11) is 1.77. The quantitative estimate of drug-likeness (QED) is 0.709. The third-order valence-corrected chi connectivity index (χ3v) is 4.76. The van der Waals surface area contributed by atoms with Gasteiger partial charge < -0.3 is 20.4 Å². The first kappa shape index (κ1) is 23.2. The molecule has 27 heavy (non-hydrogen) atoms. The van der Waals surface area contributed by atoms with Crippen LogP contribution in [-0.2, 0) is 11.3 Å². The lowest BCUT2D eigenvalue weighted by Gasteiger charge is -2.34. The van der Waals surface area contributed by atoms with Crippen molar-refractivity contribution < 1.29 is 9.59 Å². The standard InChI is InChI=1S/C20H32N4O2.ClH/c1-3-15-24(18-9-12-21-13-10-18)19(25)11-14-22-20(26)23(2)16-17-7-5-4-6-8-17;/h4-8,18,21H,3,9-16H2,1-2H3,(H,22,26);1H. The molecule has 1 heterocycles. The van der Waals surface area contributed by atoms with Crippen molar-refractivity contribution in [1.29, 1.82) is 0 Å². The van der Waals surface area contributed by atoms with Crippen molar-refractivity contribution in [2.75, 3.05) is 33.2 Å². The number of carbonyl (C=O) groups excluding carboxylic acids is 2. The van der Waals surface area contributed by atoms with Crippen molar-refractivity contribution in [1.82, 2.24) is 20.4 Å². The van der Waals surface area contributed by atoms with Gasteiger partial charge in [0.15, 0.2) is 0 Å². The van der Waals surface area contributed by atoms with Gasteiger partial charge in [0.25, 0.3) is 0 Å². The van der Waals surface area contributed by atoms with Gasteiger partial charge in [-0.3, -0.25) is 4.79 Å². The van der Waals surface area contributed by atoms with Gasteiger partial charge in [-0.1, -0.05) is 37.3 Å². The summed E-state index contributed by atoms with van der Waals surface area (Å²) in [5.41, 5.74) is 1.08. The van der Waals surface area contributed by atoms with Crippen LogP contribution in [0.1, 0.15) is 38.2 Å². The number of halogens is 1. The second kappa shape index (κ2) is 12.6. The van der Waals surface area contributed by atoms with Crippen LogP contribution in [0.25, 0.3) is 0 Å². The lowest BCUT2D eigenvalue weighted by atomic mass is 10.0. The summed E-state index contributed by atoms with van der Waals surface area (Å²) in [6, 6.07) is 10.1. The predicted molar refractivity (Wildman–Crippen MR) is 111 cm³/mol. The van der Waals surface area contributed by atoms with Crippen molar-refractivity contribution in [3.63, 3.8) is 0 Å². The Labute approximate surface area is 169 Å². The van der Waals surface area contributed by atoms with Crippen LogP contribution in [0.4, 0.5) is 4.79 Å². The first-order valence-electron chi connectivity index (χ1n) is 9.65. The highest BCUT2D eigenvalue weighted by Gasteiger charge is 2.24. The fourth-order valence-corrected chi connectivity index (χ4v) is 3.35. The molecule has 1 aromatic carbocycles. The van der Waals surface area contributed by atoms with Gasteiger partial charge in [0.05, 0.1) is 0 Å². The molecule has 1 saturated heterocycles. The number of hydrogen-bond acceptors (Lipinski definition) is 3. The number of urea groups is 1. The van der Waals surface area contributed by atoms with Crippen LogP contribution in [-0.4, -0.2) is 61.0 Å². The van der Waals surface area contributed by atoms with E-state index in [0.29, 0.717) is 25.6 Å². The molecule has 1 aliphatic rings. The van der Waals surface area contributed by atoms with E-state index in [1.807, 2.05) is 35.2 Å². The predicted octanol–water partition coefficient (Wildman–Crippen LogP) is 2.63. The molecule has 0 atom stereocenters. The van der Waals surface area contributed by atoms with E-state index in [1.165, 1.54) is 0 Å². The van der Waals surface area contributed by atoms with E-state index in [-0.39, 0.29) is 24.3 Å². The highest BCUT2D eigenvalue weighted by Crippen LogP contribution is 2.13. The van der Waals surface area contributed by atoms with E-state index in [2.05, 4.69) is 17.6 Å². The minimum atomic E-state index is -0.148. The number of amides is 3. The molecule has 0 aliphatic carbocycles. The lowest BCUT2D eigenvalue weighted by Crippen LogP contribution is -2.47. The largest absolute Gasteiger partial charge is 0.340 e. The smallest absolute Gasteiger partial charge is 0.317 e. The molecule has 0 saturated carbocycles. The molecule has 6 nitrogen and oxygen atoms in total. The number of hydrogen-bond donors (Lipinski definition) is 2. The molecule has 1 aromatic rings. The summed E-state index contributed by atoms with van der Waals surface area (Å²) < 4.78 is 0. The monoisotopic (exact) mass is 396 g/mol. The summed E-state index contributed by atoms with van der Waals surface area (Å²) in [6.07, 6.45) is 3.34. The molecular formula is C20H33ClN4O2. The molecule has 152 valence electrons. The number of benzene rings is 1. The number of nitrogens with one attached hydrogen (secondary N) is 2. The highest BCUT2D eigenvalue weighted by atomic mass is 35.5. The van der Waals surface area contributed by atoms with E-state index < -0.39 is 0 Å². The fourth-order valence-electron chi connectivity index (χ4n) is 3.35. The molecule has 2 rings (SSSR count). The second-order valence-electron chi connectivity index (χ2n) is 6.89. The molecule has 1 fully saturated rings. The summed E-state index contributed by atoms with van der Waals surface area (Å²) in [5.74, 6) is 0.143. The number of carbonyl (C=O) groups is 2. The molecule has 0 spiro atoms. The van der Waals surface area contributed by atoms with Gasteiger partial charge in [-0.25, -0.2) is 4.79 Å². The van der Waals surface area contributed by atoms with Gasteiger partial charge in [0.1, 0.15) is 0 Å². The summed E-state index contributed by atoms with van der Waals surface area (Å²) >= 11 is 0. The molecule has 0 bridgehead atoms. The van der Waals surface area contributed by atoms with Crippen molar-refractivity contribution in [3.8, 4) is 0 Å². The van der Waals surface area contributed by atoms with Crippen LogP contribution < -0.4 is 10.6 Å². The zero-order chi connectivity index (χ0) is 18.8. The van der Waals surface area contributed by atoms with Gasteiger partial charge in [0, 0.05) is 39.1 Å². The zero-order valence-corrected chi connectivity index (χ0v) is 17.3. The Balaban J connectivity index is 0.00000364. The Hall–Kier alpha value is -1.79. The number of piperidine rings is 1. The minimum Gasteiger partial charge on any atom is -0.340 e. The molecule has 0 aromatic heterocycles. The van der Waals surface area contributed by atoms with Crippen LogP contribution in [0.2, 0.25) is 0 Å². The van der Waals surface area contributed by atoms with Gasteiger partial charge in [-0.05, 0) is 37.9 Å². The Bertz CT molecular complexity index is 564. The maximum absolute atomic E-state index is 12.6. The first-order chi connectivity index (χ1) is 12.6. The second-order valence-corrected chi connectivity index (χ2v) is 6.89. The summed E-state index contributed by atoms with van der Waals surface area (Å²) in [4.78, 5) is 28.5. The van der Waals surface area contributed by atoms with E-state index >= 15 is 0 Å². The lowest BCUT2D eigenvalue weighted by molar-refractivity contribution is -0.134. The third kappa shape index (κ3) is 7.77. The topological polar surface area (TPSA) is 64.7 Å². The Morgan fingerprint density at radius 1 is 1.19 bits per heavy atom. The first-order valence-corrected chi connectivity index (χ1v) is 9.65. The Morgan fingerprint density at radius 2 is 1.85 bits per heavy atom. The average Bonchev–Trinajstić information content (AvgIpc) is 2.67. The van der Waals surface area contributed by atoms with Gasteiger partial charge in [-0.2, -0.15) is 0 Å². The molecule has 0 radical (unpaired) electrons. The third-order valence-electron chi connectivity index (χ3n) is 4.76. The molecule has 2 N–H and O–H groups in total. The molecule has 0 unspecified atom stereocenters. The Kier molecular flexibility index (Phi) is 10.8. The van der Waals surface area contributed by atoms with E-state index in [0.717, 1.165) is 44.5 Å². The number of rotatable bonds is 8. The zero-order valence-electron chi connectivity index (χ0n) is 16.4. The van der Waals surface area contributed by atoms with Gasteiger partial charge >= 0.3 is 6.03 Å². The van der Waals surface area contributed by atoms with Crippen molar-refractivity contribution in [2.45, 2.75) is 45.2 Å². The van der Waals surface area contributed by atoms with Crippen molar-refractivity contribution >= 4 is 24.3 Å². The van der Waals surface area contributed by atoms with Crippen LogP contribution in [0.15, 0.2) is 30.3 Å². The fraction of sp³-hybridized carbons (Fsp3) is 0.600. The van der Waals surface area contributed by atoms with Gasteiger partial charge in [0.2, 0.25) is 5.91 Å². The average molecular weight is 397 g/mol. The van der Waals surface area contributed by atoms with E-state index in [9.17, 15) is 9.59 Å². The van der Waals surface area contributed by atoms with Crippen LogP contribution >= 0.6 is 12.4 Å². The van der Waals surface area contributed by atoms with Crippen molar-refractivity contribution in [2.24, 2.45) is 0 Å². The molecule has 3 amide bonds. The van der Waals surface area contributed by atoms with E-state index in [4.69, 9.17) is 0 Å². The Morgan fingerprint density at radius 3 is 2.48 bits per heavy atom. The molecular weight excluding hydrogens is 364 g/mol. The molecule has 7 heteroatoms. The number of nitrogens with zero attached hydrogens (tertiary/aromatic N) is 2. The van der Waals surface area contributed by atoms with Crippen LogP contribution in [0.3, 0.4) is 0 Å². The normalized spacial score (nSPS) is 14.1. The van der Waals surface area contributed by atoms with Crippen LogP contribution in [0.5, 0.6) is 0 Å². The minimum absolute atomic E-state index is 0. The van der Waals surface area contributed by atoms with Crippen LogP contribution in [0, 0.1) is 0 Å². The van der Waals surface area contributed by atoms with Gasteiger partial charge in [-0.15, -0.1) is 12.4 Å². The SMILES string of the molecule is CCCN(C(=O)CCNC(=O)N(C)Cc1ccccc1)C1CCNCC1.Cl. The van der Waals surface area contributed by atoms with E-state index in [1.54, 1.807) is 11.9 Å².